The van der Waals surface area contributed by atoms with Crippen LogP contribution in [0.15, 0.2) is 60.7 Å². The highest BCUT2D eigenvalue weighted by Crippen LogP contribution is 2.05. The van der Waals surface area contributed by atoms with Gasteiger partial charge >= 0.3 is 0 Å². The maximum Gasteiger partial charge on any atom is 0.104 e. The second kappa shape index (κ2) is 10.1. The summed E-state index contributed by atoms with van der Waals surface area (Å²) >= 11 is 0. The Balaban J connectivity index is 1.58. The lowest BCUT2D eigenvalue weighted by atomic mass is 10.2. The van der Waals surface area contributed by atoms with Gasteiger partial charge in [0.25, 0.3) is 0 Å². The minimum atomic E-state index is -0.153. The zero-order chi connectivity index (χ0) is 15.5. The fourth-order valence-electron chi connectivity index (χ4n) is 2.05. The van der Waals surface area contributed by atoms with Crippen LogP contribution in [0.3, 0.4) is 0 Å². The third-order valence-corrected chi connectivity index (χ3v) is 3.30. The van der Waals surface area contributed by atoms with Gasteiger partial charge in [-0.3, -0.25) is 4.84 Å². The highest BCUT2D eigenvalue weighted by molar-refractivity contribution is 5.14. The van der Waals surface area contributed by atoms with E-state index in [2.05, 4.69) is 0 Å². The van der Waals surface area contributed by atoms with Crippen molar-refractivity contribution in [2.24, 2.45) is 5.90 Å². The molecular formula is C18H23NO3. The van der Waals surface area contributed by atoms with E-state index in [1.807, 2.05) is 60.7 Å². The van der Waals surface area contributed by atoms with E-state index in [9.17, 15) is 0 Å². The molecule has 4 heteroatoms. The number of rotatable bonds is 10. The van der Waals surface area contributed by atoms with Crippen molar-refractivity contribution >= 4 is 0 Å². The molecule has 4 nitrogen and oxygen atoms in total. The quantitative estimate of drug-likeness (QED) is 0.541. The summed E-state index contributed by atoms with van der Waals surface area (Å²) < 4.78 is 11.3. The van der Waals surface area contributed by atoms with Crippen LogP contribution in [0.1, 0.15) is 17.5 Å². The SMILES string of the molecule is NO[C@H](CCOCc1ccccc1)COCc1ccccc1. The van der Waals surface area contributed by atoms with Crippen molar-refractivity contribution in [1.29, 1.82) is 0 Å². The van der Waals surface area contributed by atoms with Gasteiger partial charge < -0.3 is 9.47 Å². The summed E-state index contributed by atoms with van der Waals surface area (Å²) in [6.45, 7) is 2.21. The number of hydrogen-bond donors (Lipinski definition) is 1. The van der Waals surface area contributed by atoms with Crippen LogP contribution >= 0.6 is 0 Å². The van der Waals surface area contributed by atoms with Gasteiger partial charge in [0, 0.05) is 13.0 Å². The van der Waals surface area contributed by atoms with Crippen molar-refractivity contribution in [2.75, 3.05) is 13.2 Å². The van der Waals surface area contributed by atoms with Gasteiger partial charge in [-0.15, -0.1) is 0 Å². The zero-order valence-electron chi connectivity index (χ0n) is 12.7. The molecule has 0 amide bonds. The van der Waals surface area contributed by atoms with Gasteiger partial charge in [0.1, 0.15) is 6.10 Å². The molecule has 0 radical (unpaired) electrons. The standard InChI is InChI=1S/C18H23NO3/c19-22-18(15-21-14-17-9-5-2-6-10-17)11-12-20-13-16-7-3-1-4-8-16/h1-10,18H,11-15,19H2/t18-/m1/s1. The van der Waals surface area contributed by atoms with Gasteiger partial charge in [-0.05, 0) is 11.1 Å². The Morgan fingerprint density at radius 1 is 0.773 bits per heavy atom. The maximum atomic E-state index is 5.63. The van der Waals surface area contributed by atoms with Gasteiger partial charge in [-0.2, -0.15) is 0 Å². The summed E-state index contributed by atoms with van der Waals surface area (Å²) in [5.74, 6) is 5.31. The second-order valence-corrected chi connectivity index (χ2v) is 5.09. The van der Waals surface area contributed by atoms with Crippen molar-refractivity contribution in [3.8, 4) is 0 Å². The number of hydrogen-bond acceptors (Lipinski definition) is 4. The fourth-order valence-corrected chi connectivity index (χ4v) is 2.05. The largest absolute Gasteiger partial charge is 0.377 e. The lowest BCUT2D eigenvalue weighted by Gasteiger charge is -2.15. The molecule has 118 valence electrons. The Labute approximate surface area is 131 Å². The summed E-state index contributed by atoms with van der Waals surface area (Å²) in [5, 5.41) is 0. The minimum Gasteiger partial charge on any atom is -0.377 e. The van der Waals surface area contributed by atoms with Crippen LogP contribution in [-0.4, -0.2) is 19.3 Å². The molecule has 2 rings (SSSR count). The molecule has 0 saturated carbocycles. The van der Waals surface area contributed by atoms with E-state index >= 15 is 0 Å². The predicted octanol–water partition coefficient (Wildman–Crippen LogP) is 3.07. The Morgan fingerprint density at radius 2 is 1.32 bits per heavy atom. The lowest BCUT2D eigenvalue weighted by Crippen LogP contribution is -2.25. The molecule has 0 aromatic heterocycles. The van der Waals surface area contributed by atoms with Crippen LogP contribution in [0.2, 0.25) is 0 Å². The third-order valence-electron chi connectivity index (χ3n) is 3.30. The van der Waals surface area contributed by atoms with Gasteiger partial charge in [0.05, 0.1) is 19.8 Å². The maximum absolute atomic E-state index is 5.63. The molecule has 0 fully saturated rings. The summed E-state index contributed by atoms with van der Waals surface area (Å²) in [6, 6.07) is 20.1. The van der Waals surface area contributed by atoms with Crippen LogP contribution in [-0.2, 0) is 27.5 Å². The molecule has 2 aromatic rings. The van der Waals surface area contributed by atoms with Crippen molar-refractivity contribution in [3.63, 3.8) is 0 Å². The zero-order valence-corrected chi connectivity index (χ0v) is 12.7. The lowest BCUT2D eigenvalue weighted by molar-refractivity contribution is -0.0401. The molecular weight excluding hydrogens is 278 g/mol. The fraction of sp³-hybridized carbons (Fsp3) is 0.333. The van der Waals surface area contributed by atoms with E-state index in [1.54, 1.807) is 0 Å². The van der Waals surface area contributed by atoms with Gasteiger partial charge in [-0.1, -0.05) is 60.7 Å². The Bertz CT molecular complexity index is 504. The molecule has 0 unspecified atom stereocenters. The van der Waals surface area contributed by atoms with Crippen LogP contribution in [0.5, 0.6) is 0 Å². The molecule has 0 spiro atoms. The molecule has 0 aliphatic heterocycles. The first-order chi connectivity index (χ1) is 10.9. The van der Waals surface area contributed by atoms with Crippen LogP contribution in [0.25, 0.3) is 0 Å². The van der Waals surface area contributed by atoms with Crippen molar-refractivity contribution < 1.29 is 14.3 Å². The molecule has 0 saturated heterocycles. The summed E-state index contributed by atoms with van der Waals surface area (Å²) in [4.78, 5) is 4.94. The molecule has 1 atom stereocenters. The van der Waals surface area contributed by atoms with E-state index in [0.717, 1.165) is 11.1 Å². The molecule has 0 aliphatic rings. The molecule has 2 aromatic carbocycles. The average molecular weight is 301 g/mol. The smallest absolute Gasteiger partial charge is 0.104 e. The molecule has 0 bridgehead atoms. The second-order valence-electron chi connectivity index (χ2n) is 5.09. The molecule has 22 heavy (non-hydrogen) atoms. The van der Waals surface area contributed by atoms with E-state index in [1.165, 1.54) is 0 Å². The minimum absolute atomic E-state index is 0.153. The third kappa shape index (κ3) is 6.37. The van der Waals surface area contributed by atoms with Crippen LogP contribution in [0, 0.1) is 0 Å². The van der Waals surface area contributed by atoms with E-state index in [0.29, 0.717) is 32.8 Å². The Morgan fingerprint density at radius 3 is 1.86 bits per heavy atom. The first-order valence-corrected chi connectivity index (χ1v) is 7.47. The Kier molecular flexibility index (Phi) is 7.63. The summed E-state index contributed by atoms with van der Waals surface area (Å²) in [7, 11) is 0. The molecule has 2 N–H and O–H groups in total. The normalized spacial score (nSPS) is 12.2. The van der Waals surface area contributed by atoms with Gasteiger partial charge in [0.15, 0.2) is 0 Å². The highest BCUT2D eigenvalue weighted by atomic mass is 16.6. The average Bonchev–Trinajstić information content (AvgIpc) is 2.59. The topological polar surface area (TPSA) is 53.7 Å². The highest BCUT2D eigenvalue weighted by Gasteiger charge is 2.08. The first kappa shape index (κ1) is 16.6. The van der Waals surface area contributed by atoms with E-state index < -0.39 is 0 Å². The number of ether oxygens (including phenoxy) is 2. The monoisotopic (exact) mass is 301 g/mol. The first-order valence-electron chi connectivity index (χ1n) is 7.47. The predicted molar refractivity (Wildman–Crippen MR) is 85.9 cm³/mol. The van der Waals surface area contributed by atoms with Crippen molar-refractivity contribution in [2.45, 2.75) is 25.7 Å². The summed E-state index contributed by atoms with van der Waals surface area (Å²) in [5.41, 5.74) is 2.30. The summed E-state index contributed by atoms with van der Waals surface area (Å²) in [6.07, 6.45) is 0.553. The van der Waals surface area contributed by atoms with Crippen molar-refractivity contribution in [3.05, 3.63) is 71.8 Å². The molecule has 0 heterocycles. The van der Waals surface area contributed by atoms with Gasteiger partial charge in [-0.25, -0.2) is 5.90 Å². The Hall–Kier alpha value is -1.72. The number of nitrogens with two attached hydrogens (primary N) is 1. The van der Waals surface area contributed by atoms with Crippen LogP contribution in [0.4, 0.5) is 0 Å². The number of benzene rings is 2. The van der Waals surface area contributed by atoms with Crippen molar-refractivity contribution in [1.82, 2.24) is 0 Å². The van der Waals surface area contributed by atoms with Gasteiger partial charge in [0.2, 0.25) is 0 Å². The van der Waals surface area contributed by atoms with E-state index in [4.69, 9.17) is 20.2 Å². The van der Waals surface area contributed by atoms with Crippen LogP contribution < -0.4 is 5.90 Å². The van der Waals surface area contributed by atoms with E-state index in [-0.39, 0.29) is 6.10 Å². The molecule has 0 aliphatic carbocycles.